The first-order valence-electron chi connectivity index (χ1n) is 6.50. The Morgan fingerprint density at radius 3 is 2.94 bits per heavy atom. The van der Waals surface area contributed by atoms with Crippen LogP contribution in [-0.2, 0) is 6.54 Å². The van der Waals surface area contributed by atoms with E-state index in [1.807, 2.05) is 7.05 Å². The number of rotatable bonds is 3. The molecule has 0 amide bonds. The first-order chi connectivity index (χ1) is 8.40. The Hall–Kier alpha value is -1.35. The van der Waals surface area contributed by atoms with Gasteiger partial charge in [0.25, 0.3) is 0 Å². The van der Waals surface area contributed by atoms with Gasteiger partial charge >= 0.3 is 0 Å². The second-order valence-electron chi connectivity index (χ2n) is 4.88. The summed E-state index contributed by atoms with van der Waals surface area (Å²) in [6.07, 6.45) is 7.46. The second-order valence-corrected chi connectivity index (χ2v) is 4.88. The van der Waals surface area contributed by atoms with Gasteiger partial charge < -0.3 is 9.72 Å². The number of aromatic nitrogens is 2. The van der Waals surface area contributed by atoms with E-state index >= 15 is 0 Å². The summed E-state index contributed by atoms with van der Waals surface area (Å²) in [7, 11) is 1.98. The minimum atomic E-state index is 0.663. The molecule has 1 aliphatic rings. The van der Waals surface area contributed by atoms with E-state index in [4.69, 9.17) is 4.98 Å². The predicted octanol–water partition coefficient (Wildman–Crippen LogP) is 2.71. The fourth-order valence-electron chi connectivity index (χ4n) is 2.90. The van der Waals surface area contributed by atoms with Crippen molar-refractivity contribution in [2.45, 2.75) is 38.1 Å². The molecule has 0 unspecified atom stereocenters. The number of imidazole rings is 1. The fourth-order valence-corrected chi connectivity index (χ4v) is 2.90. The molecule has 1 aliphatic carbocycles. The first kappa shape index (κ1) is 10.8. The van der Waals surface area contributed by atoms with Crippen molar-refractivity contribution >= 4 is 5.52 Å². The normalized spacial score (nSPS) is 17.0. The molecule has 2 aromatic rings. The van der Waals surface area contributed by atoms with Gasteiger partial charge in [-0.25, -0.2) is 4.98 Å². The average Bonchev–Trinajstić information content (AvgIpc) is 2.97. The van der Waals surface area contributed by atoms with Crippen LogP contribution in [0, 0.1) is 0 Å². The van der Waals surface area contributed by atoms with Crippen molar-refractivity contribution in [2.75, 3.05) is 7.05 Å². The fraction of sp³-hybridized carbons (Fsp3) is 0.500. The van der Waals surface area contributed by atoms with Gasteiger partial charge in [-0.15, -0.1) is 0 Å². The molecule has 1 fully saturated rings. The average molecular weight is 229 g/mol. The van der Waals surface area contributed by atoms with Gasteiger partial charge in [-0.2, -0.15) is 0 Å². The molecular formula is C14H19N3. The molecule has 0 radical (unpaired) electrons. The molecule has 0 bridgehead atoms. The van der Waals surface area contributed by atoms with Gasteiger partial charge in [0.05, 0.1) is 11.2 Å². The summed E-state index contributed by atoms with van der Waals surface area (Å²) in [6, 6.07) is 6.35. The van der Waals surface area contributed by atoms with Crippen LogP contribution < -0.4 is 5.32 Å². The number of hydrogen-bond donors (Lipinski definition) is 1. The standard InChI is InChI=1S/C14H19N3/c1-15-10-12-13-8-4-5-9-17(13)14(16-12)11-6-2-3-7-11/h4-5,8-9,11,15H,2-3,6-7,10H2,1H3. The highest BCUT2D eigenvalue weighted by Crippen LogP contribution is 2.34. The summed E-state index contributed by atoms with van der Waals surface area (Å²) in [6.45, 7) is 0.847. The molecule has 3 heteroatoms. The maximum absolute atomic E-state index is 4.86. The summed E-state index contributed by atoms with van der Waals surface area (Å²) in [4.78, 5) is 4.86. The Morgan fingerprint density at radius 2 is 2.18 bits per heavy atom. The quantitative estimate of drug-likeness (QED) is 0.877. The summed E-state index contributed by atoms with van der Waals surface area (Å²) < 4.78 is 2.28. The van der Waals surface area contributed by atoms with Crippen LogP contribution in [-0.4, -0.2) is 16.4 Å². The predicted molar refractivity (Wildman–Crippen MR) is 69.2 cm³/mol. The van der Waals surface area contributed by atoms with Crippen LogP contribution in [0.25, 0.3) is 5.52 Å². The lowest BCUT2D eigenvalue weighted by molar-refractivity contribution is 0.660. The molecular weight excluding hydrogens is 210 g/mol. The number of nitrogens with zero attached hydrogens (tertiary/aromatic N) is 2. The zero-order valence-electron chi connectivity index (χ0n) is 10.3. The van der Waals surface area contributed by atoms with E-state index in [9.17, 15) is 0 Å². The molecule has 17 heavy (non-hydrogen) atoms. The highest BCUT2D eigenvalue weighted by Gasteiger charge is 2.22. The van der Waals surface area contributed by atoms with E-state index in [1.165, 1.54) is 42.7 Å². The monoisotopic (exact) mass is 229 g/mol. The first-order valence-corrected chi connectivity index (χ1v) is 6.50. The third kappa shape index (κ3) is 1.84. The van der Waals surface area contributed by atoms with Crippen LogP contribution in [0.2, 0.25) is 0 Å². The zero-order chi connectivity index (χ0) is 11.7. The van der Waals surface area contributed by atoms with Crippen molar-refractivity contribution in [1.29, 1.82) is 0 Å². The third-order valence-corrected chi connectivity index (χ3v) is 3.72. The van der Waals surface area contributed by atoms with Crippen molar-refractivity contribution in [1.82, 2.24) is 14.7 Å². The van der Waals surface area contributed by atoms with E-state index in [0.717, 1.165) is 6.54 Å². The topological polar surface area (TPSA) is 29.3 Å². The summed E-state index contributed by atoms with van der Waals surface area (Å²) >= 11 is 0. The van der Waals surface area contributed by atoms with Crippen LogP contribution in [0.4, 0.5) is 0 Å². The molecule has 0 saturated heterocycles. The van der Waals surface area contributed by atoms with Crippen molar-refractivity contribution in [3.05, 3.63) is 35.9 Å². The van der Waals surface area contributed by atoms with Crippen LogP contribution in [0.1, 0.15) is 43.1 Å². The second kappa shape index (κ2) is 4.49. The maximum Gasteiger partial charge on any atom is 0.116 e. The van der Waals surface area contributed by atoms with E-state index in [-0.39, 0.29) is 0 Å². The van der Waals surface area contributed by atoms with E-state index in [0.29, 0.717) is 5.92 Å². The van der Waals surface area contributed by atoms with Crippen molar-refractivity contribution < 1.29 is 0 Å². The minimum absolute atomic E-state index is 0.663. The number of hydrogen-bond acceptors (Lipinski definition) is 2. The van der Waals surface area contributed by atoms with E-state index in [2.05, 4.69) is 34.1 Å². The molecule has 3 rings (SSSR count). The highest BCUT2D eigenvalue weighted by atomic mass is 15.0. The van der Waals surface area contributed by atoms with Gasteiger partial charge in [0.1, 0.15) is 5.82 Å². The molecule has 90 valence electrons. The molecule has 1 N–H and O–H groups in total. The Kier molecular flexibility index (Phi) is 2.85. The highest BCUT2D eigenvalue weighted by molar-refractivity contribution is 5.53. The molecule has 0 aliphatic heterocycles. The lowest BCUT2D eigenvalue weighted by Crippen LogP contribution is -2.05. The van der Waals surface area contributed by atoms with Crippen molar-refractivity contribution in [2.24, 2.45) is 0 Å². The maximum atomic E-state index is 4.86. The van der Waals surface area contributed by atoms with Crippen LogP contribution >= 0.6 is 0 Å². The van der Waals surface area contributed by atoms with Gasteiger partial charge in [-0.1, -0.05) is 18.9 Å². The SMILES string of the molecule is CNCc1nc(C2CCCC2)n2ccccc12. The summed E-state index contributed by atoms with van der Waals surface area (Å²) in [5.41, 5.74) is 2.43. The van der Waals surface area contributed by atoms with Gasteiger partial charge in [-0.3, -0.25) is 0 Å². The lowest BCUT2D eigenvalue weighted by atomic mass is 10.1. The Labute approximate surface area is 102 Å². The molecule has 2 aromatic heterocycles. The lowest BCUT2D eigenvalue weighted by Gasteiger charge is -2.07. The van der Waals surface area contributed by atoms with Gasteiger partial charge in [0, 0.05) is 18.7 Å². The largest absolute Gasteiger partial charge is 0.314 e. The van der Waals surface area contributed by atoms with Crippen molar-refractivity contribution in [3.63, 3.8) is 0 Å². The number of pyridine rings is 1. The Balaban J connectivity index is 2.10. The van der Waals surface area contributed by atoms with Gasteiger partial charge in [-0.05, 0) is 32.0 Å². The molecule has 0 spiro atoms. The van der Waals surface area contributed by atoms with Gasteiger partial charge in [0.15, 0.2) is 0 Å². The van der Waals surface area contributed by atoms with E-state index < -0.39 is 0 Å². The number of fused-ring (bicyclic) bond motifs is 1. The number of nitrogens with one attached hydrogen (secondary N) is 1. The summed E-state index contributed by atoms with van der Waals surface area (Å²) in [5.74, 6) is 1.93. The zero-order valence-corrected chi connectivity index (χ0v) is 10.3. The van der Waals surface area contributed by atoms with Crippen LogP contribution in [0.15, 0.2) is 24.4 Å². The third-order valence-electron chi connectivity index (χ3n) is 3.72. The van der Waals surface area contributed by atoms with Crippen LogP contribution in [0.5, 0.6) is 0 Å². The molecule has 0 atom stereocenters. The molecule has 1 saturated carbocycles. The van der Waals surface area contributed by atoms with Gasteiger partial charge in [0.2, 0.25) is 0 Å². The minimum Gasteiger partial charge on any atom is -0.314 e. The molecule has 0 aromatic carbocycles. The smallest absolute Gasteiger partial charge is 0.116 e. The van der Waals surface area contributed by atoms with Crippen molar-refractivity contribution in [3.8, 4) is 0 Å². The van der Waals surface area contributed by atoms with E-state index in [1.54, 1.807) is 0 Å². The Morgan fingerprint density at radius 1 is 1.35 bits per heavy atom. The summed E-state index contributed by atoms with van der Waals surface area (Å²) in [5, 5.41) is 3.20. The van der Waals surface area contributed by atoms with Crippen LogP contribution in [0.3, 0.4) is 0 Å². The molecule has 3 nitrogen and oxygen atoms in total. The molecule has 2 heterocycles. The Bertz CT molecular complexity index is 509.